The van der Waals surface area contributed by atoms with Crippen molar-refractivity contribution in [3.63, 3.8) is 0 Å². The van der Waals surface area contributed by atoms with Gasteiger partial charge in [-0.25, -0.2) is 0 Å². The number of benzene rings is 1. The Bertz CT molecular complexity index is 891. The highest BCUT2D eigenvalue weighted by Crippen LogP contribution is 2.31. The third-order valence-corrected chi connectivity index (χ3v) is 7.38. The molecule has 1 N–H and O–H groups in total. The predicted octanol–water partition coefficient (Wildman–Crippen LogP) is 4.29. The lowest BCUT2D eigenvalue weighted by Gasteiger charge is -2.46. The summed E-state index contributed by atoms with van der Waals surface area (Å²) in [6.45, 7) is 10.2. The van der Waals surface area contributed by atoms with E-state index in [1.54, 1.807) is 0 Å². The molecular formula is C26H41Cl2N5O. The van der Waals surface area contributed by atoms with Crippen LogP contribution < -0.4 is 5.32 Å². The van der Waals surface area contributed by atoms with Crippen molar-refractivity contribution in [1.29, 1.82) is 0 Å². The molecule has 1 aromatic heterocycles. The lowest BCUT2D eigenvalue weighted by Crippen LogP contribution is -2.55. The molecule has 0 unspecified atom stereocenters. The largest absolute Gasteiger partial charge is 0.341 e. The Morgan fingerprint density at radius 1 is 1.21 bits per heavy atom. The number of halogens is 2. The molecular weight excluding hydrogens is 469 g/mol. The number of nitrogens with one attached hydrogen (secondary N) is 1. The number of rotatable bonds is 9. The van der Waals surface area contributed by atoms with Crippen LogP contribution in [-0.2, 0) is 24.4 Å². The topological polar surface area (TPSA) is 53.4 Å². The summed E-state index contributed by atoms with van der Waals surface area (Å²) in [5, 5.41) is 8.20. The number of aryl methyl sites for hydroxylation is 1. The average molecular weight is 511 g/mol. The molecule has 1 amide bonds. The molecule has 2 aliphatic rings. The first kappa shape index (κ1) is 28.6. The molecule has 2 aliphatic heterocycles. The lowest BCUT2D eigenvalue weighted by atomic mass is 9.79. The summed E-state index contributed by atoms with van der Waals surface area (Å²) >= 11 is 0. The van der Waals surface area contributed by atoms with Crippen LogP contribution in [0.15, 0.2) is 36.5 Å². The maximum atomic E-state index is 12.7. The van der Waals surface area contributed by atoms with Crippen LogP contribution in [0.1, 0.15) is 49.4 Å². The SMILES string of the molecule is CCn1ncc(CN(C)C(=O)CCC[C@H]2NC[C@@H]3C[C@@H]2CN(Cc2ccccc2)C3)c1C.Cl.Cl. The van der Waals surface area contributed by atoms with Crippen LogP contribution in [0.2, 0.25) is 0 Å². The van der Waals surface area contributed by atoms with Crippen molar-refractivity contribution in [3.05, 3.63) is 53.3 Å². The van der Waals surface area contributed by atoms with Gasteiger partial charge in [0.2, 0.25) is 5.91 Å². The fourth-order valence-corrected chi connectivity index (χ4v) is 5.55. The molecule has 2 fully saturated rings. The normalized spacial score (nSPS) is 21.9. The Balaban J connectivity index is 0.00000204. The van der Waals surface area contributed by atoms with E-state index >= 15 is 0 Å². The first-order valence-corrected chi connectivity index (χ1v) is 12.3. The average Bonchev–Trinajstić information content (AvgIpc) is 3.15. The summed E-state index contributed by atoms with van der Waals surface area (Å²) in [4.78, 5) is 17.2. The van der Waals surface area contributed by atoms with E-state index in [0.717, 1.165) is 56.2 Å². The van der Waals surface area contributed by atoms with E-state index in [9.17, 15) is 4.79 Å². The van der Waals surface area contributed by atoms with Gasteiger partial charge in [0.05, 0.1) is 6.20 Å². The number of aromatic nitrogens is 2. The molecule has 0 radical (unpaired) electrons. The Hall–Kier alpha value is -1.60. The van der Waals surface area contributed by atoms with Gasteiger partial charge in [0.15, 0.2) is 0 Å². The molecule has 2 bridgehead atoms. The van der Waals surface area contributed by atoms with E-state index in [4.69, 9.17) is 0 Å². The third kappa shape index (κ3) is 7.20. The van der Waals surface area contributed by atoms with E-state index in [2.05, 4.69) is 59.5 Å². The van der Waals surface area contributed by atoms with E-state index in [1.165, 1.54) is 18.5 Å². The molecule has 3 heterocycles. The summed E-state index contributed by atoms with van der Waals surface area (Å²) in [5.74, 6) is 1.69. The Labute approximate surface area is 217 Å². The highest BCUT2D eigenvalue weighted by atomic mass is 35.5. The summed E-state index contributed by atoms with van der Waals surface area (Å²) < 4.78 is 1.99. The Morgan fingerprint density at radius 2 is 1.97 bits per heavy atom. The van der Waals surface area contributed by atoms with E-state index in [-0.39, 0.29) is 30.7 Å². The number of nitrogens with zero attached hydrogens (tertiary/aromatic N) is 4. The van der Waals surface area contributed by atoms with Gasteiger partial charge in [-0.2, -0.15) is 5.10 Å². The smallest absolute Gasteiger partial charge is 0.222 e. The van der Waals surface area contributed by atoms with E-state index in [1.807, 2.05) is 22.8 Å². The molecule has 34 heavy (non-hydrogen) atoms. The molecule has 190 valence electrons. The minimum absolute atomic E-state index is 0. The number of likely N-dealkylation sites (tertiary alicyclic amines) is 1. The standard InChI is InChI=1S/C26H39N5O.2ClH/c1-4-31-20(2)24(15-28-31)18-29(3)26(32)12-8-11-25-23-13-22(14-27-25)17-30(19-23)16-21-9-6-5-7-10-21;;/h5-7,9-10,15,22-23,25,27H,4,8,11-14,16-19H2,1-3H3;2*1H/t22-,23+,25+;;/m0../s1. The zero-order valence-corrected chi connectivity index (χ0v) is 22.4. The number of amides is 1. The van der Waals surface area contributed by atoms with Gasteiger partial charge in [-0.05, 0) is 57.1 Å². The molecule has 2 aromatic rings. The first-order valence-electron chi connectivity index (χ1n) is 12.3. The number of piperidine rings is 2. The monoisotopic (exact) mass is 509 g/mol. The minimum atomic E-state index is 0. The van der Waals surface area contributed by atoms with Gasteiger partial charge in [-0.15, -0.1) is 24.8 Å². The zero-order valence-electron chi connectivity index (χ0n) is 20.8. The van der Waals surface area contributed by atoms with Crippen LogP contribution in [0.3, 0.4) is 0 Å². The first-order chi connectivity index (χ1) is 15.5. The van der Waals surface area contributed by atoms with Gasteiger partial charge in [-0.1, -0.05) is 30.3 Å². The van der Waals surface area contributed by atoms with Crippen LogP contribution in [0.5, 0.6) is 0 Å². The molecule has 0 spiro atoms. The van der Waals surface area contributed by atoms with Crippen LogP contribution in [0, 0.1) is 18.8 Å². The van der Waals surface area contributed by atoms with Crippen molar-refractivity contribution in [2.24, 2.45) is 11.8 Å². The van der Waals surface area contributed by atoms with Crippen LogP contribution in [-0.4, -0.2) is 58.2 Å². The summed E-state index contributed by atoms with van der Waals surface area (Å²) in [5.41, 5.74) is 3.71. The minimum Gasteiger partial charge on any atom is -0.341 e. The molecule has 0 aliphatic carbocycles. The molecule has 1 aromatic carbocycles. The number of hydrogen-bond donors (Lipinski definition) is 1. The van der Waals surface area contributed by atoms with Crippen molar-refractivity contribution in [2.45, 2.75) is 65.2 Å². The maximum absolute atomic E-state index is 12.7. The van der Waals surface area contributed by atoms with Crippen LogP contribution in [0.25, 0.3) is 0 Å². The molecule has 4 rings (SSSR count). The second kappa shape index (κ2) is 13.5. The number of carbonyl (C=O) groups excluding carboxylic acids is 1. The van der Waals surface area contributed by atoms with Crippen molar-refractivity contribution < 1.29 is 4.79 Å². The maximum Gasteiger partial charge on any atom is 0.222 e. The molecule has 0 saturated carbocycles. The fraction of sp³-hybridized carbons (Fsp3) is 0.615. The van der Waals surface area contributed by atoms with Gasteiger partial charge >= 0.3 is 0 Å². The molecule has 6 nitrogen and oxygen atoms in total. The van der Waals surface area contributed by atoms with Gasteiger partial charge in [0.1, 0.15) is 0 Å². The lowest BCUT2D eigenvalue weighted by molar-refractivity contribution is -0.130. The third-order valence-electron chi connectivity index (χ3n) is 7.38. The van der Waals surface area contributed by atoms with E-state index < -0.39 is 0 Å². The zero-order chi connectivity index (χ0) is 22.5. The van der Waals surface area contributed by atoms with Gasteiger partial charge < -0.3 is 10.2 Å². The highest BCUT2D eigenvalue weighted by Gasteiger charge is 2.36. The van der Waals surface area contributed by atoms with Gasteiger partial charge in [0.25, 0.3) is 0 Å². The summed E-state index contributed by atoms with van der Waals surface area (Å²) in [6.07, 6.45) is 5.89. The van der Waals surface area contributed by atoms with Crippen molar-refractivity contribution >= 4 is 30.7 Å². The number of hydrogen-bond acceptors (Lipinski definition) is 4. The predicted molar refractivity (Wildman–Crippen MR) is 143 cm³/mol. The Kier molecular flexibility index (Phi) is 11.4. The van der Waals surface area contributed by atoms with Gasteiger partial charge in [-0.3, -0.25) is 14.4 Å². The highest BCUT2D eigenvalue weighted by molar-refractivity contribution is 5.85. The summed E-state index contributed by atoms with van der Waals surface area (Å²) in [7, 11) is 1.91. The molecule has 3 atom stereocenters. The molecule has 2 saturated heterocycles. The number of carbonyl (C=O) groups is 1. The van der Waals surface area contributed by atoms with Crippen molar-refractivity contribution in [2.75, 3.05) is 26.7 Å². The van der Waals surface area contributed by atoms with Gasteiger partial charge in [0, 0.05) is 63.5 Å². The molecule has 8 heteroatoms. The van der Waals surface area contributed by atoms with E-state index in [0.29, 0.717) is 24.9 Å². The van der Waals surface area contributed by atoms with Crippen molar-refractivity contribution in [3.8, 4) is 0 Å². The Morgan fingerprint density at radius 3 is 2.68 bits per heavy atom. The second-order valence-corrected chi connectivity index (χ2v) is 9.77. The van der Waals surface area contributed by atoms with Crippen LogP contribution in [0.4, 0.5) is 0 Å². The number of fused-ring (bicyclic) bond motifs is 2. The fourth-order valence-electron chi connectivity index (χ4n) is 5.55. The summed E-state index contributed by atoms with van der Waals surface area (Å²) in [6, 6.07) is 11.4. The van der Waals surface area contributed by atoms with Crippen LogP contribution >= 0.6 is 24.8 Å². The second-order valence-electron chi connectivity index (χ2n) is 9.77. The van der Waals surface area contributed by atoms with Crippen molar-refractivity contribution in [1.82, 2.24) is 24.9 Å². The quantitative estimate of drug-likeness (QED) is 0.547.